The van der Waals surface area contributed by atoms with Crippen LogP contribution in [0.15, 0.2) is 78.9 Å². The molecule has 5 heteroatoms. The van der Waals surface area contributed by atoms with Gasteiger partial charge in [-0.05, 0) is 11.1 Å². The number of aromatic nitrogens is 3. The summed E-state index contributed by atoms with van der Waals surface area (Å²) in [6.45, 7) is 0.606. The first-order valence-corrected chi connectivity index (χ1v) is 8.23. The molecule has 1 aromatic heterocycles. The quantitative estimate of drug-likeness (QED) is 0.727. The standard InChI is InChI=1S/C18H15N3OS/c1-2-4-15(5-3-1)16-6-8-17(9-7-16)18(22-10-11-23-18)12-21-14-19-13-20-21/h1-11,13-14H,12H2. The molecule has 1 atom stereocenters. The van der Waals surface area contributed by atoms with Crippen LogP contribution in [0.4, 0.5) is 0 Å². The highest BCUT2D eigenvalue weighted by Gasteiger charge is 2.37. The van der Waals surface area contributed by atoms with Gasteiger partial charge in [-0.3, -0.25) is 0 Å². The van der Waals surface area contributed by atoms with Gasteiger partial charge in [0.25, 0.3) is 0 Å². The summed E-state index contributed by atoms with van der Waals surface area (Å²) in [6, 6.07) is 18.9. The Morgan fingerprint density at radius 3 is 2.43 bits per heavy atom. The Bertz CT molecular complexity index is 790. The SMILES string of the molecule is C1=CSC(Cn2cncn2)(c2ccc(-c3ccccc3)cc2)O1. The first kappa shape index (κ1) is 14.1. The lowest BCUT2D eigenvalue weighted by Crippen LogP contribution is -2.27. The molecule has 1 aliphatic rings. The fourth-order valence-electron chi connectivity index (χ4n) is 2.68. The Kier molecular flexibility index (Phi) is 3.63. The molecule has 4 rings (SSSR count). The largest absolute Gasteiger partial charge is 0.477 e. The summed E-state index contributed by atoms with van der Waals surface area (Å²) in [7, 11) is 0. The molecule has 0 radical (unpaired) electrons. The molecule has 2 heterocycles. The first-order chi connectivity index (χ1) is 11.4. The van der Waals surface area contributed by atoms with E-state index in [1.54, 1.807) is 35.4 Å². The van der Waals surface area contributed by atoms with Crippen LogP contribution in [0, 0.1) is 0 Å². The van der Waals surface area contributed by atoms with E-state index < -0.39 is 4.93 Å². The second-order valence-corrected chi connectivity index (χ2v) is 6.46. The fourth-order valence-corrected chi connectivity index (χ4v) is 3.60. The van der Waals surface area contributed by atoms with Gasteiger partial charge in [-0.1, -0.05) is 66.4 Å². The van der Waals surface area contributed by atoms with Gasteiger partial charge in [-0.2, -0.15) is 5.10 Å². The third kappa shape index (κ3) is 2.75. The molecule has 2 aromatic carbocycles. The Labute approximate surface area is 138 Å². The van der Waals surface area contributed by atoms with Gasteiger partial charge in [0.2, 0.25) is 4.93 Å². The van der Waals surface area contributed by atoms with E-state index in [9.17, 15) is 0 Å². The molecule has 0 spiro atoms. The van der Waals surface area contributed by atoms with Crippen molar-refractivity contribution in [3.63, 3.8) is 0 Å². The average Bonchev–Trinajstić information content (AvgIpc) is 3.29. The molecule has 1 unspecified atom stereocenters. The van der Waals surface area contributed by atoms with E-state index in [1.807, 2.05) is 11.5 Å². The number of thioether (sulfide) groups is 1. The molecule has 3 aromatic rings. The van der Waals surface area contributed by atoms with Gasteiger partial charge in [-0.15, -0.1) is 0 Å². The van der Waals surface area contributed by atoms with Crippen LogP contribution >= 0.6 is 11.8 Å². The van der Waals surface area contributed by atoms with E-state index in [0.29, 0.717) is 6.54 Å². The highest BCUT2D eigenvalue weighted by molar-refractivity contribution is 8.03. The van der Waals surface area contributed by atoms with Crippen LogP contribution in [0.5, 0.6) is 0 Å². The second kappa shape index (κ2) is 5.93. The highest BCUT2D eigenvalue weighted by atomic mass is 32.2. The van der Waals surface area contributed by atoms with Gasteiger partial charge in [0, 0.05) is 11.0 Å². The Morgan fingerprint density at radius 2 is 1.78 bits per heavy atom. The third-order valence-electron chi connectivity index (χ3n) is 3.84. The zero-order valence-electron chi connectivity index (χ0n) is 12.4. The topological polar surface area (TPSA) is 39.9 Å². The van der Waals surface area contributed by atoms with Gasteiger partial charge in [-0.25, -0.2) is 9.67 Å². The van der Waals surface area contributed by atoms with Gasteiger partial charge in [0.05, 0.1) is 12.8 Å². The minimum atomic E-state index is -0.483. The predicted octanol–water partition coefficient (Wildman–Crippen LogP) is 4.03. The van der Waals surface area contributed by atoms with E-state index in [0.717, 1.165) is 5.56 Å². The third-order valence-corrected chi connectivity index (χ3v) is 4.93. The molecule has 114 valence electrons. The summed E-state index contributed by atoms with van der Waals surface area (Å²) in [4.78, 5) is 3.53. The smallest absolute Gasteiger partial charge is 0.202 e. The van der Waals surface area contributed by atoms with Gasteiger partial charge in [0.15, 0.2) is 0 Å². The molecule has 0 fully saturated rings. The molecular formula is C18H15N3OS. The van der Waals surface area contributed by atoms with Crippen LogP contribution in [0.25, 0.3) is 11.1 Å². The summed E-state index contributed by atoms with van der Waals surface area (Å²) in [6.07, 6.45) is 4.99. The van der Waals surface area contributed by atoms with E-state index in [2.05, 4.69) is 58.6 Å². The average molecular weight is 321 g/mol. The maximum atomic E-state index is 5.94. The lowest BCUT2D eigenvalue weighted by Gasteiger charge is -2.28. The van der Waals surface area contributed by atoms with Crippen molar-refractivity contribution in [3.05, 3.63) is 84.5 Å². The van der Waals surface area contributed by atoms with Crippen molar-refractivity contribution in [2.75, 3.05) is 0 Å². The van der Waals surface area contributed by atoms with Crippen molar-refractivity contribution >= 4 is 11.8 Å². The monoisotopic (exact) mass is 321 g/mol. The van der Waals surface area contributed by atoms with Crippen molar-refractivity contribution in [1.82, 2.24) is 14.8 Å². The van der Waals surface area contributed by atoms with Crippen LogP contribution in [0.3, 0.4) is 0 Å². The summed E-state index contributed by atoms with van der Waals surface area (Å²) in [5, 5.41) is 6.17. The number of benzene rings is 2. The van der Waals surface area contributed by atoms with Crippen molar-refractivity contribution in [2.45, 2.75) is 11.5 Å². The lowest BCUT2D eigenvalue weighted by atomic mass is 10.0. The molecule has 1 aliphatic heterocycles. The zero-order valence-corrected chi connectivity index (χ0v) is 13.2. The minimum Gasteiger partial charge on any atom is -0.477 e. The van der Waals surface area contributed by atoms with Crippen LogP contribution < -0.4 is 0 Å². The Morgan fingerprint density at radius 1 is 1.00 bits per heavy atom. The maximum Gasteiger partial charge on any atom is 0.202 e. The maximum absolute atomic E-state index is 5.94. The molecular weight excluding hydrogens is 306 g/mol. The predicted molar refractivity (Wildman–Crippen MR) is 91.4 cm³/mol. The van der Waals surface area contributed by atoms with E-state index in [4.69, 9.17) is 4.74 Å². The van der Waals surface area contributed by atoms with Crippen molar-refractivity contribution in [3.8, 4) is 11.1 Å². The zero-order chi connectivity index (χ0) is 15.5. The van der Waals surface area contributed by atoms with Crippen molar-refractivity contribution in [2.24, 2.45) is 0 Å². The van der Waals surface area contributed by atoms with Crippen LogP contribution in [-0.4, -0.2) is 14.8 Å². The molecule has 0 aliphatic carbocycles. The number of hydrogen-bond acceptors (Lipinski definition) is 4. The van der Waals surface area contributed by atoms with Crippen molar-refractivity contribution in [1.29, 1.82) is 0 Å². The summed E-state index contributed by atoms with van der Waals surface area (Å²) in [5.41, 5.74) is 3.52. The lowest BCUT2D eigenvalue weighted by molar-refractivity contribution is 0.0949. The number of rotatable bonds is 4. The summed E-state index contributed by atoms with van der Waals surface area (Å²) in [5.74, 6) is 0. The Hall–Kier alpha value is -2.53. The number of ether oxygens (including phenoxy) is 1. The molecule has 0 N–H and O–H groups in total. The Balaban J connectivity index is 1.65. The minimum absolute atomic E-state index is 0.483. The van der Waals surface area contributed by atoms with Crippen LogP contribution in [0.2, 0.25) is 0 Å². The number of hydrogen-bond donors (Lipinski definition) is 0. The highest BCUT2D eigenvalue weighted by Crippen LogP contribution is 2.44. The summed E-state index contributed by atoms with van der Waals surface area (Å²) < 4.78 is 7.74. The van der Waals surface area contributed by atoms with Gasteiger partial charge >= 0.3 is 0 Å². The molecule has 0 saturated heterocycles. The van der Waals surface area contributed by atoms with E-state index >= 15 is 0 Å². The first-order valence-electron chi connectivity index (χ1n) is 7.35. The second-order valence-electron chi connectivity index (χ2n) is 5.30. The molecule has 0 bridgehead atoms. The van der Waals surface area contributed by atoms with Crippen LogP contribution in [-0.2, 0) is 16.2 Å². The fraction of sp³-hybridized carbons (Fsp3) is 0.111. The molecule has 23 heavy (non-hydrogen) atoms. The van der Waals surface area contributed by atoms with E-state index in [1.165, 1.54) is 11.1 Å². The molecule has 0 amide bonds. The van der Waals surface area contributed by atoms with Crippen LogP contribution in [0.1, 0.15) is 5.56 Å². The van der Waals surface area contributed by atoms with Gasteiger partial charge < -0.3 is 4.74 Å². The molecule has 4 nitrogen and oxygen atoms in total. The van der Waals surface area contributed by atoms with Gasteiger partial charge in [0.1, 0.15) is 12.7 Å². The summed E-state index contributed by atoms with van der Waals surface area (Å²) >= 11 is 1.65. The van der Waals surface area contributed by atoms with E-state index in [-0.39, 0.29) is 0 Å². The molecule has 0 saturated carbocycles. The number of nitrogens with zero attached hydrogens (tertiary/aromatic N) is 3. The van der Waals surface area contributed by atoms with Crippen molar-refractivity contribution < 1.29 is 4.74 Å². The normalized spacial score (nSPS) is 19.7.